The summed E-state index contributed by atoms with van der Waals surface area (Å²) in [5.74, 6) is -1.46. The molecule has 0 atom stereocenters. The van der Waals surface area contributed by atoms with Crippen molar-refractivity contribution in [2.24, 2.45) is 0 Å². The Labute approximate surface area is 140 Å². The molecule has 1 rings (SSSR count). The van der Waals surface area contributed by atoms with Gasteiger partial charge in [-0.05, 0) is 18.6 Å². The summed E-state index contributed by atoms with van der Waals surface area (Å²) in [5.41, 5.74) is 0.469. The number of nitrogens with one attached hydrogen (secondary N) is 1. The van der Waals surface area contributed by atoms with Crippen LogP contribution in [-0.4, -0.2) is 42.9 Å². The van der Waals surface area contributed by atoms with Crippen LogP contribution in [-0.2, 0) is 19.1 Å². The molecular weight excluding hydrogens is 320 g/mol. The molecular formula is C16H19ClN2O4. The van der Waals surface area contributed by atoms with Crippen molar-refractivity contribution in [3.05, 3.63) is 41.4 Å². The van der Waals surface area contributed by atoms with Gasteiger partial charge in [0.25, 0.3) is 5.91 Å². The van der Waals surface area contributed by atoms with Crippen molar-refractivity contribution >= 4 is 35.1 Å². The van der Waals surface area contributed by atoms with Gasteiger partial charge in [-0.3, -0.25) is 9.59 Å². The zero-order valence-corrected chi connectivity index (χ0v) is 13.8. The fourth-order valence-corrected chi connectivity index (χ4v) is 1.74. The Morgan fingerprint density at radius 1 is 1.30 bits per heavy atom. The van der Waals surface area contributed by atoms with Crippen LogP contribution in [0.2, 0.25) is 5.02 Å². The van der Waals surface area contributed by atoms with Crippen LogP contribution in [0.15, 0.2) is 36.4 Å². The summed E-state index contributed by atoms with van der Waals surface area (Å²) in [7, 11) is 1.45. The van der Waals surface area contributed by atoms with Gasteiger partial charge in [0.15, 0.2) is 6.61 Å². The van der Waals surface area contributed by atoms with E-state index in [1.54, 1.807) is 30.3 Å². The molecule has 0 saturated carbocycles. The first-order valence-electron chi connectivity index (χ1n) is 7.05. The summed E-state index contributed by atoms with van der Waals surface area (Å²) in [6.07, 6.45) is 3.59. The largest absolute Gasteiger partial charge is 0.452 e. The summed E-state index contributed by atoms with van der Waals surface area (Å²) in [6, 6.07) is 6.79. The number of halogens is 1. The second-order valence-corrected chi connectivity index (χ2v) is 5.10. The minimum Gasteiger partial charge on any atom is -0.452 e. The summed E-state index contributed by atoms with van der Waals surface area (Å²) >= 11 is 5.93. The first-order valence-corrected chi connectivity index (χ1v) is 7.43. The number of nitrogens with zero attached hydrogens (tertiary/aromatic N) is 1. The molecule has 2 amide bonds. The maximum Gasteiger partial charge on any atom is 0.330 e. The molecule has 0 unspecified atom stereocenters. The number of benzene rings is 1. The highest BCUT2D eigenvalue weighted by Crippen LogP contribution is 2.20. The molecule has 1 N–H and O–H groups in total. The number of anilines is 1. The average Bonchev–Trinajstić information content (AvgIpc) is 2.52. The summed E-state index contributed by atoms with van der Waals surface area (Å²) in [4.78, 5) is 36.1. The topological polar surface area (TPSA) is 75.7 Å². The van der Waals surface area contributed by atoms with Crippen molar-refractivity contribution in [2.75, 3.05) is 25.5 Å². The number of hydrogen-bond donors (Lipinski definition) is 1. The van der Waals surface area contributed by atoms with Gasteiger partial charge in [-0.15, -0.1) is 0 Å². The molecule has 0 aliphatic carbocycles. The number of esters is 1. The molecule has 0 bridgehead atoms. The minimum atomic E-state index is -0.589. The third kappa shape index (κ3) is 6.97. The van der Waals surface area contributed by atoms with E-state index >= 15 is 0 Å². The number of ether oxygens (including phenoxy) is 1. The maximum atomic E-state index is 11.9. The van der Waals surface area contributed by atoms with Crippen molar-refractivity contribution in [3.8, 4) is 0 Å². The Morgan fingerprint density at radius 3 is 2.65 bits per heavy atom. The number of rotatable bonds is 7. The van der Waals surface area contributed by atoms with E-state index in [-0.39, 0.29) is 6.54 Å². The monoisotopic (exact) mass is 338 g/mol. The Hall–Kier alpha value is -2.34. The Kier molecular flexibility index (Phi) is 7.83. The second kappa shape index (κ2) is 9.63. The molecule has 1 aromatic rings. The highest BCUT2D eigenvalue weighted by Gasteiger charge is 2.15. The zero-order valence-electron chi connectivity index (χ0n) is 13.0. The van der Waals surface area contributed by atoms with E-state index in [1.807, 2.05) is 6.92 Å². The molecule has 124 valence electrons. The molecule has 0 aromatic heterocycles. The Morgan fingerprint density at radius 2 is 2.00 bits per heavy atom. The molecule has 0 fully saturated rings. The standard InChI is InChI=1S/C16H19ClN2O4/c1-3-4-9-16(22)23-11-15(21)19(2)10-14(20)18-13-8-6-5-7-12(13)17/h4-9H,3,10-11H2,1-2H3,(H,18,20)/b9-4+. The highest BCUT2D eigenvalue weighted by atomic mass is 35.5. The molecule has 7 heteroatoms. The SMILES string of the molecule is CC/C=C/C(=O)OCC(=O)N(C)CC(=O)Nc1ccccc1Cl. The minimum absolute atomic E-state index is 0.174. The predicted octanol–water partition coefficient (Wildman–Crippen LogP) is 2.25. The van der Waals surface area contributed by atoms with E-state index in [0.717, 1.165) is 0 Å². The number of amides is 2. The Bertz CT molecular complexity index is 601. The van der Waals surface area contributed by atoms with Gasteiger partial charge in [-0.25, -0.2) is 4.79 Å². The van der Waals surface area contributed by atoms with Crippen LogP contribution in [0.3, 0.4) is 0 Å². The van der Waals surface area contributed by atoms with Crippen molar-refractivity contribution in [1.82, 2.24) is 4.90 Å². The zero-order chi connectivity index (χ0) is 17.2. The Balaban J connectivity index is 2.42. The van der Waals surface area contributed by atoms with Crippen molar-refractivity contribution < 1.29 is 19.1 Å². The predicted molar refractivity (Wildman–Crippen MR) is 88.1 cm³/mol. The van der Waals surface area contributed by atoms with E-state index in [1.165, 1.54) is 18.0 Å². The van der Waals surface area contributed by atoms with Crippen LogP contribution in [0.4, 0.5) is 5.69 Å². The van der Waals surface area contributed by atoms with Crippen molar-refractivity contribution in [2.45, 2.75) is 13.3 Å². The van der Waals surface area contributed by atoms with Crippen LogP contribution < -0.4 is 5.32 Å². The molecule has 0 aliphatic rings. The van der Waals surface area contributed by atoms with E-state index < -0.39 is 24.4 Å². The van der Waals surface area contributed by atoms with Gasteiger partial charge in [-0.2, -0.15) is 0 Å². The van der Waals surface area contributed by atoms with Crippen molar-refractivity contribution in [3.63, 3.8) is 0 Å². The fourth-order valence-electron chi connectivity index (χ4n) is 1.56. The van der Waals surface area contributed by atoms with Crippen molar-refractivity contribution in [1.29, 1.82) is 0 Å². The van der Waals surface area contributed by atoms with Gasteiger partial charge in [-0.1, -0.05) is 36.7 Å². The van der Waals surface area contributed by atoms with E-state index in [9.17, 15) is 14.4 Å². The number of hydrogen-bond acceptors (Lipinski definition) is 4. The smallest absolute Gasteiger partial charge is 0.330 e. The lowest BCUT2D eigenvalue weighted by atomic mass is 10.3. The number of likely N-dealkylation sites (N-methyl/N-ethyl adjacent to an activating group) is 1. The van der Waals surface area contributed by atoms with Gasteiger partial charge >= 0.3 is 5.97 Å². The average molecular weight is 339 g/mol. The quantitative estimate of drug-likeness (QED) is 0.611. The molecule has 0 aliphatic heterocycles. The second-order valence-electron chi connectivity index (χ2n) is 4.70. The lowest BCUT2D eigenvalue weighted by Gasteiger charge is -2.16. The van der Waals surface area contributed by atoms with Gasteiger partial charge in [0.2, 0.25) is 5.91 Å². The van der Waals surface area contributed by atoms with E-state index in [2.05, 4.69) is 5.32 Å². The van der Waals surface area contributed by atoms with Gasteiger partial charge in [0.1, 0.15) is 0 Å². The fraction of sp³-hybridized carbons (Fsp3) is 0.312. The molecule has 0 saturated heterocycles. The van der Waals surface area contributed by atoms with Gasteiger partial charge in [0, 0.05) is 13.1 Å². The third-order valence-electron chi connectivity index (χ3n) is 2.78. The third-order valence-corrected chi connectivity index (χ3v) is 3.11. The van der Waals surface area contributed by atoms with Crippen LogP contribution in [0.5, 0.6) is 0 Å². The van der Waals surface area contributed by atoms with Crippen LogP contribution in [0, 0.1) is 0 Å². The van der Waals surface area contributed by atoms with Gasteiger partial charge < -0.3 is 15.0 Å². The lowest BCUT2D eigenvalue weighted by Crippen LogP contribution is -2.37. The van der Waals surface area contributed by atoms with Gasteiger partial charge in [0.05, 0.1) is 17.3 Å². The first-order chi connectivity index (χ1) is 10.9. The number of allylic oxidation sites excluding steroid dienone is 1. The molecule has 6 nitrogen and oxygen atoms in total. The summed E-state index contributed by atoms with van der Waals surface area (Å²) in [5, 5.41) is 3.01. The number of carbonyl (C=O) groups is 3. The van der Waals surface area contributed by atoms with E-state index in [4.69, 9.17) is 16.3 Å². The van der Waals surface area contributed by atoms with Crippen LogP contribution in [0.25, 0.3) is 0 Å². The molecule has 1 aromatic carbocycles. The first kappa shape index (κ1) is 18.7. The summed E-state index contributed by atoms with van der Waals surface area (Å²) in [6.45, 7) is 1.29. The lowest BCUT2D eigenvalue weighted by molar-refractivity contribution is -0.148. The molecule has 0 radical (unpaired) electrons. The highest BCUT2D eigenvalue weighted by molar-refractivity contribution is 6.33. The van der Waals surface area contributed by atoms with E-state index in [0.29, 0.717) is 17.1 Å². The molecule has 0 spiro atoms. The maximum absolute atomic E-state index is 11.9. The van der Waals surface area contributed by atoms with Crippen LogP contribution >= 0.6 is 11.6 Å². The number of para-hydroxylation sites is 1. The molecule has 0 heterocycles. The molecule has 23 heavy (non-hydrogen) atoms. The van der Waals surface area contributed by atoms with Crippen LogP contribution in [0.1, 0.15) is 13.3 Å². The number of carbonyl (C=O) groups excluding carboxylic acids is 3. The normalized spacial score (nSPS) is 10.4. The summed E-state index contributed by atoms with van der Waals surface area (Å²) < 4.78 is 4.78.